The van der Waals surface area contributed by atoms with E-state index < -0.39 is 6.03 Å². The van der Waals surface area contributed by atoms with Crippen LogP contribution in [-0.2, 0) is 12.8 Å². The van der Waals surface area contributed by atoms with Gasteiger partial charge in [0.2, 0.25) is 0 Å². The van der Waals surface area contributed by atoms with Crippen molar-refractivity contribution >= 4 is 34.1 Å². The van der Waals surface area contributed by atoms with Crippen LogP contribution in [0, 0.1) is 5.82 Å². The Balaban J connectivity index is 1.78. The van der Waals surface area contributed by atoms with Gasteiger partial charge in [-0.3, -0.25) is 5.32 Å². The van der Waals surface area contributed by atoms with Crippen LogP contribution in [-0.4, -0.2) is 25.8 Å². The van der Waals surface area contributed by atoms with Gasteiger partial charge in [-0.1, -0.05) is 35.1 Å². The van der Waals surface area contributed by atoms with E-state index in [1.54, 1.807) is 35.1 Å². The van der Waals surface area contributed by atoms with Gasteiger partial charge in [-0.05, 0) is 43.5 Å². The second kappa shape index (κ2) is 7.75. The molecule has 3 heterocycles. The number of carbonyl (C=O) groups excluding carboxylic acids is 1. The molecule has 31 heavy (non-hydrogen) atoms. The molecule has 3 aromatic heterocycles. The predicted molar refractivity (Wildman–Crippen MR) is 118 cm³/mol. The standard InChI is InChI=1S/C21H16ClFN6OS/c22-16-9-8-11(10-25-16)17-12-4-3-6-14-19(31-21(26-14)27-20(24)30)18(12)29(28-17)15-7-2-1-5-13(15)23/h1-2,5,7-10H,3-4,6H2,(H3,24,26,27,30). The van der Waals surface area contributed by atoms with Crippen molar-refractivity contribution in [2.75, 3.05) is 5.32 Å². The molecular formula is C21H16ClFN6OS. The molecule has 0 bridgehead atoms. The highest BCUT2D eigenvalue weighted by atomic mass is 35.5. The number of nitrogens with two attached hydrogens (primary N) is 1. The molecule has 1 aromatic carbocycles. The number of carbonyl (C=O) groups is 1. The van der Waals surface area contributed by atoms with Gasteiger partial charge in [-0.15, -0.1) is 0 Å². The lowest BCUT2D eigenvalue weighted by atomic mass is 10.0. The fraction of sp³-hybridized carbons (Fsp3) is 0.143. The molecule has 10 heteroatoms. The molecule has 0 unspecified atom stereocenters. The van der Waals surface area contributed by atoms with Crippen LogP contribution >= 0.6 is 22.9 Å². The number of anilines is 1. The molecule has 3 N–H and O–H groups in total. The highest BCUT2D eigenvalue weighted by molar-refractivity contribution is 7.19. The number of urea groups is 1. The molecule has 5 rings (SSSR count). The number of primary amides is 1. The zero-order chi connectivity index (χ0) is 21.5. The first kappa shape index (κ1) is 19.7. The van der Waals surface area contributed by atoms with E-state index in [0.29, 0.717) is 21.7 Å². The first-order valence-corrected chi connectivity index (χ1v) is 10.8. The summed E-state index contributed by atoms with van der Waals surface area (Å²) in [5.74, 6) is -0.389. The average Bonchev–Trinajstić information content (AvgIpc) is 3.25. The number of amides is 2. The van der Waals surface area contributed by atoms with Gasteiger partial charge in [0.15, 0.2) is 5.13 Å². The number of rotatable bonds is 3. The summed E-state index contributed by atoms with van der Waals surface area (Å²) in [4.78, 5) is 20.9. The number of aromatic nitrogens is 4. The molecule has 0 atom stereocenters. The molecule has 0 saturated carbocycles. The molecule has 2 amide bonds. The van der Waals surface area contributed by atoms with Crippen molar-refractivity contribution in [1.82, 2.24) is 19.7 Å². The van der Waals surface area contributed by atoms with E-state index in [-0.39, 0.29) is 5.82 Å². The van der Waals surface area contributed by atoms with Crippen LogP contribution in [0.15, 0.2) is 42.6 Å². The average molecular weight is 455 g/mol. The quantitative estimate of drug-likeness (QED) is 0.433. The van der Waals surface area contributed by atoms with E-state index in [2.05, 4.69) is 15.3 Å². The third-order valence-electron chi connectivity index (χ3n) is 5.05. The highest BCUT2D eigenvalue weighted by Gasteiger charge is 2.29. The van der Waals surface area contributed by atoms with Crippen LogP contribution in [0.2, 0.25) is 5.15 Å². The zero-order valence-electron chi connectivity index (χ0n) is 16.1. The number of benzene rings is 1. The Morgan fingerprint density at radius 3 is 2.81 bits per heavy atom. The number of nitrogens with one attached hydrogen (secondary N) is 1. The van der Waals surface area contributed by atoms with Crippen molar-refractivity contribution < 1.29 is 9.18 Å². The lowest BCUT2D eigenvalue weighted by molar-refractivity contribution is 0.259. The number of hydrogen-bond acceptors (Lipinski definition) is 5. The van der Waals surface area contributed by atoms with Gasteiger partial charge in [0.1, 0.15) is 16.7 Å². The van der Waals surface area contributed by atoms with Crippen LogP contribution in [0.1, 0.15) is 17.7 Å². The van der Waals surface area contributed by atoms with Gasteiger partial charge in [-0.25, -0.2) is 23.8 Å². The first-order valence-electron chi connectivity index (χ1n) is 9.56. The van der Waals surface area contributed by atoms with E-state index in [0.717, 1.165) is 46.7 Å². The van der Waals surface area contributed by atoms with E-state index in [4.69, 9.17) is 22.4 Å². The second-order valence-electron chi connectivity index (χ2n) is 7.05. The fourth-order valence-electron chi connectivity index (χ4n) is 3.76. The van der Waals surface area contributed by atoms with E-state index in [9.17, 15) is 9.18 Å². The van der Waals surface area contributed by atoms with Crippen molar-refractivity contribution in [3.8, 4) is 27.5 Å². The molecule has 0 aliphatic heterocycles. The number of halogens is 2. The van der Waals surface area contributed by atoms with Crippen LogP contribution in [0.4, 0.5) is 14.3 Å². The number of thiazole rings is 1. The first-order chi connectivity index (χ1) is 15.0. The summed E-state index contributed by atoms with van der Waals surface area (Å²) < 4.78 is 16.4. The van der Waals surface area contributed by atoms with Gasteiger partial charge in [0.25, 0.3) is 0 Å². The maximum absolute atomic E-state index is 14.8. The third-order valence-corrected chi connectivity index (χ3v) is 6.29. The summed E-state index contributed by atoms with van der Waals surface area (Å²) in [6, 6.07) is 9.35. The molecule has 1 aliphatic rings. The topological polar surface area (TPSA) is 98.7 Å². The Kier molecular flexibility index (Phi) is 4.91. The Hall–Kier alpha value is -3.30. The van der Waals surface area contributed by atoms with Crippen molar-refractivity contribution in [1.29, 1.82) is 0 Å². The molecule has 1 aliphatic carbocycles. The number of nitrogens with zero attached hydrogens (tertiary/aromatic N) is 4. The molecular weight excluding hydrogens is 439 g/mol. The Labute approximate surface area is 185 Å². The summed E-state index contributed by atoms with van der Waals surface area (Å²) >= 11 is 7.27. The summed E-state index contributed by atoms with van der Waals surface area (Å²) in [5.41, 5.74) is 9.67. The molecule has 7 nitrogen and oxygen atoms in total. The van der Waals surface area contributed by atoms with Crippen LogP contribution < -0.4 is 11.1 Å². The second-order valence-corrected chi connectivity index (χ2v) is 8.43. The maximum Gasteiger partial charge on any atom is 0.318 e. The smallest absolute Gasteiger partial charge is 0.318 e. The van der Waals surface area contributed by atoms with Crippen molar-refractivity contribution in [2.24, 2.45) is 5.73 Å². The normalized spacial score (nSPS) is 12.7. The van der Waals surface area contributed by atoms with Crippen molar-refractivity contribution in [3.05, 3.63) is 64.8 Å². The van der Waals surface area contributed by atoms with Gasteiger partial charge in [-0.2, -0.15) is 5.10 Å². The molecule has 0 saturated heterocycles. The summed E-state index contributed by atoms with van der Waals surface area (Å²) in [7, 11) is 0. The minimum atomic E-state index is -0.681. The minimum absolute atomic E-state index is 0.331. The number of hydrogen-bond donors (Lipinski definition) is 2. The van der Waals surface area contributed by atoms with Crippen molar-refractivity contribution in [3.63, 3.8) is 0 Å². The van der Waals surface area contributed by atoms with Gasteiger partial charge in [0.05, 0.1) is 22.0 Å². The zero-order valence-corrected chi connectivity index (χ0v) is 17.7. The Bertz CT molecular complexity index is 1300. The Morgan fingerprint density at radius 2 is 2.06 bits per heavy atom. The number of aryl methyl sites for hydroxylation is 1. The molecule has 0 spiro atoms. The highest BCUT2D eigenvalue weighted by Crippen LogP contribution is 2.43. The van der Waals surface area contributed by atoms with Crippen LogP contribution in [0.3, 0.4) is 0 Å². The maximum atomic E-state index is 14.8. The minimum Gasteiger partial charge on any atom is -0.351 e. The number of pyridine rings is 1. The summed E-state index contributed by atoms with van der Waals surface area (Å²) in [5, 5.41) is 8.13. The van der Waals surface area contributed by atoms with Gasteiger partial charge in [0, 0.05) is 17.3 Å². The monoisotopic (exact) mass is 454 g/mol. The molecule has 4 aromatic rings. The van der Waals surface area contributed by atoms with E-state index >= 15 is 0 Å². The predicted octanol–water partition coefficient (Wildman–Crippen LogP) is 4.83. The van der Waals surface area contributed by atoms with Gasteiger partial charge >= 0.3 is 6.03 Å². The summed E-state index contributed by atoms with van der Waals surface area (Å²) in [6.45, 7) is 0. The van der Waals surface area contributed by atoms with Crippen LogP contribution in [0.5, 0.6) is 0 Å². The lowest BCUT2D eigenvalue weighted by Crippen LogP contribution is -2.19. The van der Waals surface area contributed by atoms with Crippen LogP contribution in [0.25, 0.3) is 27.5 Å². The molecule has 0 radical (unpaired) electrons. The Morgan fingerprint density at radius 1 is 1.23 bits per heavy atom. The largest absolute Gasteiger partial charge is 0.351 e. The summed E-state index contributed by atoms with van der Waals surface area (Å²) in [6.07, 6.45) is 3.95. The lowest BCUT2D eigenvalue weighted by Gasteiger charge is -2.08. The van der Waals surface area contributed by atoms with Gasteiger partial charge < -0.3 is 5.73 Å². The molecule has 0 fully saturated rings. The fourth-order valence-corrected chi connectivity index (χ4v) is 4.95. The van der Waals surface area contributed by atoms with E-state index in [1.165, 1.54) is 17.4 Å². The SMILES string of the molecule is NC(=O)Nc1nc2c(s1)-c1c(c(-c3ccc(Cl)nc3)nn1-c1ccccc1F)CCC2. The third kappa shape index (κ3) is 3.55. The molecule has 156 valence electrons. The van der Waals surface area contributed by atoms with Crippen molar-refractivity contribution in [2.45, 2.75) is 19.3 Å². The van der Waals surface area contributed by atoms with E-state index in [1.807, 2.05) is 6.07 Å². The number of fused-ring (bicyclic) bond motifs is 3. The number of para-hydroxylation sites is 1.